The van der Waals surface area contributed by atoms with Crippen LogP contribution in [0.5, 0.6) is 0 Å². The molecule has 82 valence electrons. The Labute approximate surface area is 97.9 Å². The minimum absolute atomic E-state index is 0.000556. The van der Waals surface area contributed by atoms with Crippen molar-refractivity contribution >= 4 is 15.9 Å². The second-order valence-electron chi connectivity index (χ2n) is 4.13. The van der Waals surface area contributed by atoms with Crippen molar-refractivity contribution in [3.63, 3.8) is 0 Å². The van der Waals surface area contributed by atoms with E-state index >= 15 is 0 Å². The summed E-state index contributed by atoms with van der Waals surface area (Å²) < 4.78 is 12.2. The van der Waals surface area contributed by atoms with Crippen LogP contribution in [-0.4, -0.2) is 17.4 Å². The fourth-order valence-corrected chi connectivity index (χ4v) is 2.12. The number of hydrogen-bond donors (Lipinski definition) is 0. The molecule has 15 heavy (non-hydrogen) atoms. The Kier molecular flexibility index (Phi) is 2.83. The zero-order chi connectivity index (χ0) is 11.1. The molecule has 0 spiro atoms. The van der Waals surface area contributed by atoms with Crippen molar-refractivity contribution in [2.24, 2.45) is 0 Å². The predicted molar refractivity (Wildman–Crippen MR) is 60.5 cm³/mol. The second-order valence-corrected chi connectivity index (χ2v) is 4.94. The number of hydrogen-bond acceptors (Lipinski definition) is 3. The van der Waals surface area contributed by atoms with Gasteiger partial charge in [0.2, 0.25) is 0 Å². The Bertz CT molecular complexity index is 379. The lowest BCUT2D eigenvalue weighted by Gasteiger charge is -2.17. The molecule has 1 unspecified atom stereocenters. The van der Waals surface area contributed by atoms with Gasteiger partial charge in [-0.05, 0) is 42.8 Å². The molecule has 0 aliphatic carbocycles. The molecule has 0 bridgehead atoms. The minimum atomic E-state index is -0.482. The zero-order valence-electron chi connectivity index (χ0n) is 9.08. The van der Waals surface area contributed by atoms with Crippen LogP contribution in [0.1, 0.15) is 31.2 Å². The Hall–Kier alpha value is -0.450. The summed E-state index contributed by atoms with van der Waals surface area (Å²) in [5.41, 5.74) is 2.08. The molecule has 0 aromatic carbocycles. The number of pyridine rings is 1. The zero-order valence-corrected chi connectivity index (χ0v) is 10.7. The van der Waals surface area contributed by atoms with Gasteiger partial charge < -0.3 is 9.47 Å². The Morgan fingerprint density at radius 1 is 1.47 bits per heavy atom. The predicted octanol–water partition coefficient (Wildman–Crippen LogP) is 2.98. The van der Waals surface area contributed by atoms with E-state index in [4.69, 9.17) is 9.47 Å². The van der Waals surface area contributed by atoms with Gasteiger partial charge >= 0.3 is 0 Å². The van der Waals surface area contributed by atoms with E-state index in [1.807, 2.05) is 32.9 Å². The van der Waals surface area contributed by atoms with Gasteiger partial charge in [0.1, 0.15) is 10.7 Å². The molecule has 0 saturated carbocycles. The van der Waals surface area contributed by atoms with Crippen LogP contribution in [0.2, 0.25) is 0 Å². The van der Waals surface area contributed by atoms with Crippen molar-refractivity contribution in [3.05, 3.63) is 28.0 Å². The maximum absolute atomic E-state index is 5.78. The molecule has 2 heterocycles. The molecule has 1 aliphatic heterocycles. The Balaban J connectivity index is 2.24. The van der Waals surface area contributed by atoms with Crippen LogP contribution in [0, 0.1) is 6.92 Å². The fraction of sp³-hybridized carbons (Fsp3) is 0.545. The van der Waals surface area contributed by atoms with Crippen molar-refractivity contribution in [3.8, 4) is 0 Å². The molecule has 1 saturated heterocycles. The van der Waals surface area contributed by atoms with Crippen LogP contribution in [-0.2, 0) is 9.47 Å². The largest absolute Gasteiger partial charge is 0.347 e. The monoisotopic (exact) mass is 271 g/mol. The third kappa shape index (κ3) is 2.38. The summed E-state index contributed by atoms with van der Waals surface area (Å²) in [5, 5.41) is 0. The highest BCUT2D eigenvalue weighted by molar-refractivity contribution is 9.10. The van der Waals surface area contributed by atoms with E-state index < -0.39 is 5.79 Å². The molecule has 0 radical (unpaired) electrons. The first-order valence-corrected chi connectivity index (χ1v) is 5.72. The lowest BCUT2D eigenvalue weighted by molar-refractivity contribution is -0.139. The van der Waals surface area contributed by atoms with Gasteiger partial charge in [-0.25, -0.2) is 4.98 Å². The first-order valence-electron chi connectivity index (χ1n) is 4.93. The molecule has 0 amide bonds. The highest BCUT2D eigenvalue weighted by Gasteiger charge is 2.34. The van der Waals surface area contributed by atoms with Gasteiger partial charge in [0.25, 0.3) is 0 Å². The van der Waals surface area contributed by atoms with Crippen molar-refractivity contribution in [2.75, 3.05) is 6.61 Å². The second kappa shape index (κ2) is 3.85. The van der Waals surface area contributed by atoms with E-state index in [0.29, 0.717) is 6.61 Å². The highest BCUT2D eigenvalue weighted by Crippen LogP contribution is 2.33. The van der Waals surface area contributed by atoms with Crippen molar-refractivity contribution < 1.29 is 9.47 Å². The van der Waals surface area contributed by atoms with E-state index in [-0.39, 0.29) is 6.10 Å². The quantitative estimate of drug-likeness (QED) is 0.736. The normalized spacial score (nSPS) is 24.4. The Morgan fingerprint density at radius 2 is 2.20 bits per heavy atom. The maximum atomic E-state index is 5.78. The number of aromatic nitrogens is 1. The molecule has 1 aromatic heterocycles. The summed E-state index contributed by atoms with van der Waals surface area (Å²) >= 11 is 3.34. The molecular formula is C11H14BrNO2. The highest BCUT2D eigenvalue weighted by atomic mass is 79.9. The van der Waals surface area contributed by atoms with Gasteiger partial charge in [0.05, 0.1) is 6.61 Å². The standard InChI is InChI=1S/C11H14BrNO2/c1-7-8(4-5-10(12)13-7)9-6-14-11(2,3)15-9/h4-5,9H,6H2,1-3H3. The van der Waals surface area contributed by atoms with E-state index in [0.717, 1.165) is 15.9 Å². The SMILES string of the molecule is Cc1nc(Br)ccc1C1COC(C)(C)O1. The topological polar surface area (TPSA) is 31.4 Å². The molecule has 0 N–H and O–H groups in total. The van der Waals surface area contributed by atoms with Crippen LogP contribution < -0.4 is 0 Å². The molecular weight excluding hydrogens is 258 g/mol. The average Bonchev–Trinajstić information content (AvgIpc) is 2.46. The summed E-state index contributed by atoms with van der Waals surface area (Å²) in [6.45, 7) is 6.43. The average molecular weight is 272 g/mol. The van der Waals surface area contributed by atoms with E-state index in [9.17, 15) is 0 Å². The summed E-state index contributed by atoms with van der Waals surface area (Å²) in [4.78, 5) is 4.35. The summed E-state index contributed by atoms with van der Waals surface area (Å²) in [6, 6.07) is 3.96. The van der Waals surface area contributed by atoms with Gasteiger partial charge in [-0.1, -0.05) is 6.07 Å². The molecule has 2 rings (SSSR count). The third-order valence-electron chi connectivity index (χ3n) is 2.45. The van der Waals surface area contributed by atoms with Gasteiger partial charge in [-0.15, -0.1) is 0 Å². The van der Waals surface area contributed by atoms with E-state index in [2.05, 4.69) is 20.9 Å². The summed E-state index contributed by atoms with van der Waals surface area (Å²) in [7, 11) is 0. The van der Waals surface area contributed by atoms with Crippen molar-refractivity contribution in [2.45, 2.75) is 32.7 Å². The molecule has 1 atom stereocenters. The Morgan fingerprint density at radius 3 is 2.73 bits per heavy atom. The maximum Gasteiger partial charge on any atom is 0.163 e. The van der Waals surface area contributed by atoms with Crippen molar-refractivity contribution in [1.82, 2.24) is 4.98 Å². The lowest BCUT2D eigenvalue weighted by Crippen LogP contribution is -2.19. The number of rotatable bonds is 1. The van der Waals surface area contributed by atoms with Crippen LogP contribution in [0.15, 0.2) is 16.7 Å². The van der Waals surface area contributed by atoms with E-state index in [1.54, 1.807) is 0 Å². The van der Waals surface area contributed by atoms with Gasteiger partial charge in [0, 0.05) is 11.3 Å². The van der Waals surface area contributed by atoms with Gasteiger partial charge in [-0.2, -0.15) is 0 Å². The molecule has 1 aromatic rings. The minimum Gasteiger partial charge on any atom is -0.347 e. The van der Waals surface area contributed by atoms with Crippen LogP contribution in [0.3, 0.4) is 0 Å². The molecule has 3 nitrogen and oxygen atoms in total. The summed E-state index contributed by atoms with van der Waals surface area (Å²) in [5.74, 6) is -0.482. The lowest BCUT2D eigenvalue weighted by atomic mass is 10.1. The van der Waals surface area contributed by atoms with Crippen LogP contribution >= 0.6 is 15.9 Å². The molecule has 1 fully saturated rings. The van der Waals surface area contributed by atoms with Gasteiger partial charge in [0.15, 0.2) is 5.79 Å². The molecule has 1 aliphatic rings. The smallest absolute Gasteiger partial charge is 0.163 e. The van der Waals surface area contributed by atoms with Crippen LogP contribution in [0.4, 0.5) is 0 Å². The number of aryl methyl sites for hydroxylation is 1. The molecule has 4 heteroatoms. The van der Waals surface area contributed by atoms with Crippen molar-refractivity contribution in [1.29, 1.82) is 0 Å². The number of ether oxygens (including phenoxy) is 2. The number of halogens is 1. The first kappa shape index (κ1) is 11.0. The summed E-state index contributed by atoms with van der Waals surface area (Å²) in [6.07, 6.45) is 0.000556. The first-order chi connectivity index (χ1) is 6.98. The third-order valence-corrected chi connectivity index (χ3v) is 2.89. The van der Waals surface area contributed by atoms with Gasteiger partial charge in [-0.3, -0.25) is 0 Å². The van der Waals surface area contributed by atoms with Crippen LogP contribution in [0.25, 0.3) is 0 Å². The number of nitrogens with zero attached hydrogens (tertiary/aromatic N) is 1. The van der Waals surface area contributed by atoms with E-state index in [1.165, 1.54) is 0 Å². The fourth-order valence-electron chi connectivity index (χ4n) is 1.72.